The van der Waals surface area contributed by atoms with Crippen molar-refractivity contribution in [1.82, 2.24) is 0 Å². The van der Waals surface area contributed by atoms with Gasteiger partial charge >= 0.3 is 5.97 Å². The van der Waals surface area contributed by atoms with E-state index in [1.54, 1.807) is 0 Å². The van der Waals surface area contributed by atoms with Gasteiger partial charge in [0.15, 0.2) is 0 Å². The van der Waals surface area contributed by atoms with Gasteiger partial charge in [-0.1, -0.05) is 0 Å². The fraction of sp³-hybridized carbons (Fsp3) is 0.300. The van der Waals surface area contributed by atoms with Gasteiger partial charge in [0.1, 0.15) is 5.82 Å². The molecule has 6 heteroatoms. The van der Waals surface area contributed by atoms with Gasteiger partial charge in [0.25, 0.3) is 0 Å². The second kappa shape index (κ2) is 5.72. The number of anilines is 1. The molecule has 0 bridgehead atoms. The fourth-order valence-electron chi connectivity index (χ4n) is 1.10. The summed E-state index contributed by atoms with van der Waals surface area (Å²) in [4.78, 5) is 10.9. The average molecular weight is 245 g/mol. The molecule has 1 aromatic carbocycles. The number of hydrogen-bond acceptors (Lipinski definition) is 4. The molecule has 0 aliphatic heterocycles. The Balaban J connectivity index is 2.51. The lowest BCUT2D eigenvalue weighted by Crippen LogP contribution is -2.15. The molecule has 0 fully saturated rings. The maximum atomic E-state index is 12.7. The number of benzene rings is 1. The Bertz CT molecular complexity index is 386. The molecule has 0 aromatic heterocycles. The Morgan fingerprint density at radius 2 is 2.25 bits per heavy atom. The number of aliphatic carboxylic acids is 1. The first-order valence-electron chi connectivity index (χ1n) is 4.56. The zero-order valence-electron chi connectivity index (χ0n) is 8.39. The Kier molecular flexibility index (Phi) is 4.57. The zero-order chi connectivity index (χ0) is 12.1. The molecule has 0 saturated heterocycles. The van der Waals surface area contributed by atoms with Gasteiger partial charge in [-0.2, -0.15) is 0 Å². The SMILES string of the molecule is Nc1cc(F)ccc1SCC(O)CC(=O)O. The lowest BCUT2D eigenvalue weighted by atomic mass is 10.3. The van der Waals surface area contributed by atoms with Gasteiger partial charge in [0, 0.05) is 16.3 Å². The summed E-state index contributed by atoms with van der Waals surface area (Å²) in [6, 6.07) is 3.96. The first-order valence-corrected chi connectivity index (χ1v) is 5.55. The van der Waals surface area contributed by atoms with E-state index in [1.807, 2.05) is 0 Å². The summed E-state index contributed by atoms with van der Waals surface area (Å²) in [5.41, 5.74) is 5.83. The molecule has 88 valence electrons. The Morgan fingerprint density at radius 3 is 2.81 bits per heavy atom. The summed E-state index contributed by atoms with van der Waals surface area (Å²) in [5, 5.41) is 17.7. The van der Waals surface area contributed by atoms with E-state index in [2.05, 4.69) is 0 Å². The number of carboxylic acids is 1. The van der Waals surface area contributed by atoms with Crippen molar-refractivity contribution in [2.75, 3.05) is 11.5 Å². The van der Waals surface area contributed by atoms with E-state index < -0.39 is 17.9 Å². The van der Waals surface area contributed by atoms with Crippen LogP contribution in [0, 0.1) is 5.82 Å². The number of hydrogen-bond donors (Lipinski definition) is 3. The van der Waals surface area contributed by atoms with E-state index in [-0.39, 0.29) is 17.9 Å². The molecule has 1 aromatic rings. The van der Waals surface area contributed by atoms with Gasteiger partial charge in [-0.25, -0.2) is 4.39 Å². The van der Waals surface area contributed by atoms with Gasteiger partial charge in [-0.3, -0.25) is 4.79 Å². The lowest BCUT2D eigenvalue weighted by molar-refractivity contribution is -0.138. The Hall–Kier alpha value is -1.27. The predicted octanol–water partition coefficient (Wildman–Crippen LogP) is 1.34. The molecular formula is C10H12FNO3S. The van der Waals surface area contributed by atoms with Crippen LogP contribution in [0.4, 0.5) is 10.1 Å². The van der Waals surface area contributed by atoms with Crippen LogP contribution in [0.2, 0.25) is 0 Å². The highest BCUT2D eigenvalue weighted by Gasteiger charge is 2.11. The molecule has 0 amide bonds. The molecule has 0 aliphatic carbocycles. The van der Waals surface area contributed by atoms with Crippen molar-refractivity contribution in [2.45, 2.75) is 17.4 Å². The van der Waals surface area contributed by atoms with E-state index in [0.29, 0.717) is 4.90 Å². The molecule has 0 spiro atoms. The molecule has 4 nitrogen and oxygen atoms in total. The third kappa shape index (κ3) is 4.08. The number of thioether (sulfide) groups is 1. The smallest absolute Gasteiger partial charge is 0.306 e. The van der Waals surface area contributed by atoms with Crippen LogP contribution in [0.5, 0.6) is 0 Å². The molecule has 0 radical (unpaired) electrons. The van der Waals surface area contributed by atoms with Crippen molar-refractivity contribution in [1.29, 1.82) is 0 Å². The third-order valence-corrected chi connectivity index (χ3v) is 3.05. The fourth-order valence-corrected chi connectivity index (χ4v) is 1.98. The highest BCUT2D eigenvalue weighted by Crippen LogP contribution is 2.26. The van der Waals surface area contributed by atoms with E-state index in [0.717, 1.165) is 0 Å². The van der Waals surface area contributed by atoms with E-state index >= 15 is 0 Å². The van der Waals surface area contributed by atoms with Crippen LogP contribution < -0.4 is 5.73 Å². The Morgan fingerprint density at radius 1 is 1.56 bits per heavy atom. The van der Waals surface area contributed by atoms with Gasteiger partial charge in [0.05, 0.1) is 12.5 Å². The maximum absolute atomic E-state index is 12.7. The quantitative estimate of drug-likeness (QED) is 0.538. The van der Waals surface area contributed by atoms with Gasteiger partial charge in [-0.05, 0) is 18.2 Å². The van der Waals surface area contributed by atoms with E-state index in [1.165, 1.54) is 30.0 Å². The summed E-state index contributed by atoms with van der Waals surface area (Å²) in [6.45, 7) is 0. The van der Waals surface area contributed by atoms with Gasteiger partial charge < -0.3 is 15.9 Å². The summed E-state index contributed by atoms with van der Waals surface area (Å²) >= 11 is 1.20. The van der Waals surface area contributed by atoms with Crippen LogP contribution in [0.25, 0.3) is 0 Å². The van der Waals surface area contributed by atoms with Crippen LogP contribution >= 0.6 is 11.8 Å². The van der Waals surface area contributed by atoms with Crippen molar-refractivity contribution in [2.24, 2.45) is 0 Å². The number of carbonyl (C=O) groups is 1. The highest BCUT2D eigenvalue weighted by atomic mass is 32.2. The van der Waals surface area contributed by atoms with Crippen molar-refractivity contribution in [3.05, 3.63) is 24.0 Å². The normalized spacial score (nSPS) is 12.4. The number of nitrogen functional groups attached to an aromatic ring is 1. The van der Waals surface area contributed by atoms with Gasteiger partial charge in [0.2, 0.25) is 0 Å². The summed E-state index contributed by atoms with van der Waals surface area (Å²) in [7, 11) is 0. The maximum Gasteiger partial charge on any atom is 0.306 e. The molecular weight excluding hydrogens is 233 g/mol. The number of aliphatic hydroxyl groups excluding tert-OH is 1. The van der Waals surface area contributed by atoms with Crippen molar-refractivity contribution in [3.63, 3.8) is 0 Å². The van der Waals surface area contributed by atoms with Crippen molar-refractivity contribution in [3.8, 4) is 0 Å². The second-order valence-corrected chi connectivity index (χ2v) is 4.31. The lowest BCUT2D eigenvalue weighted by Gasteiger charge is -2.09. The van der Waals surface area contributed by atoms with Crippen LogP contribution in [0.3, 0.4) is 0 Å². The monoisotopic (exact) mass is 245 g/mol. The van der Waals surface area contributed by atoms with Crippen LogP contribution in [0.1, 0.15) is 6.42 Å². The number of aliphatic hydroxyl groups is 1. The zero-order valence-corrected chi connectivity index (χ0v) is 9.21. The molecule has 4 N–H and O–H groups in total. The van der Waals surface area contributed by atoms with Crippen LogP contribution in [0.15, 0.2) is 23.1 Å². The first kappa shape index (κ1) is 12.8. The summed E-state index contributed by atoms with van der Waals surface area (Å²) < 4.78 is 12.7. The number of halogens is 1. The molecule has 1 rings (SSSR count). The number of carboxylic acid groups (broad SMARTS) is 1. The average Bonchev–Trinajstić information content (AvgIpc) is 2.15. The van der Waals surface area contributed by atoms with Crippen LogP contribution in [-0.4, -0.2) is 28.0 Å². The van der Waals surface area contributed by atoms with Crippen molar-refractivity contribution >= 4 is 23.4 Å². The largest absolute Gasteiger partial charge is 0.481 e. The molecule has 16 heavy (non-hydrogen) atoms. The second-order valence-electron chi connectivity index (χ2n) is 3.24. The molecule has 1 unspecified atom stereocenters. The minimum absolute atomic E-state index is 0.210. The van der Waals surface area contributed by atoms with Crippen molar-refractivity contribution < 1.29 is 19.4 Å². The minimum Gasteiger partial charge on any atom is -0.481 e. The van der Waals surface area contributed by atoms with Crippen LogP contribution in [-0.2, 0) is 4.79 Å². The highest BCUT2D eigenvalue weighted by molar-refractivity contribution is 7.99. The Labute approximate surface area is 96.3 Å². The standard InChI is InChI=1S/C10H12FNO3S/c11-6-1-2-9(8(12)3-6)16-5-7(13)4-10(14)15/h1-3,7,13H,4-5,12H2,(H,14,15). The molecule has 0 heterocycles. The number of rotatable bonds is 5. The third-order valence-electron chi connectivity index (χ3n) is 1.81. The summed E-state index contributed by atoms with van der Waals surface area (Å²) in [5.74, 6) is -1.27. The van der Waals surface area contributed by atoms with Gasteiger partial charge in [-0.15, -0.1) is 11.8 Å². The molecule has 1 atom stereocenters. The predicted molar refractivity (Wildman–Crippen MR) is 59.8 cm³/mol. The van der Waals surface area contributed by atoms with E-state index in [4.69, 9.17) is 10.8 Å². The first-order chi connectivity index (χ1) is 7.49. The molecule has 0 aliphatic rings. The van der Waals surface area contributed by atoms with E-state index in [9.17, 15) is 14.3 Å². The summed E-state index contributed by atoms with van der Waals surface area (Å²) in [6.07, 6.45) is -1.25. The number of nitrogens with two attached hydrogens (primary N) is 1. The topological polar surface area (TPSA) is 83.5 Å². The molecule has 0 saturated carbocycles. The minimum atomic E-state index is -1.06.